The summed E-state index contributed by atoms with van der Waals surface area (Å²) < 4.78 is 10.9. The number of hydrogen-bond acceptors (Lipinski definition) is 3. The second-order valence-corrected chi connectivity index (χ2v) is 5.16. The van der Waals surface area contributed by atoms with Crippen molar-refractivity contribution in [2.75, 3.05) is 20.8 Å². The van der Waals surface area contributed by atoms with Gasteiger partial charge in [-0.1, -0.05) is 19.8 Å². The number of benzene rings is 1. The van der Waals surface area contributed by atoms with E-state index in [1.807, 2.05) is 12.1 Å². The first kappa shape index (κ1) is 14.2. The fraction of sp³-hybridized carbons (Fsp3) is 0.625. The number of methoxy groups -OCH3 is 2. The highest BCUT2D eigenvalue weighted by Gasteiger charge is 2.28. The predicted octanol–water partition coefficient (Wildman–Crippen LogP) is 3.34. The summed E-state index contributed by atoms with van der Waals surface area (Å²) in [5, 5.41) is 3.63. The summed E-state index contributed by atoms with van der Waals surface area (Å²) in [6, 6.07) is 6.68. The molecule has 1 N–H and O–H groups in total. The predicted molar refractivity (Wildman–Crippen MR) is 78.2 cm³/mol. The zero-order valence-corrected chi connectivity index (χ0v) is 12.2. The quantitative estimate of drug-likeness (QED) is 0.884. The molecule has 0 aromatic heterocycles. The standard InChI is InChI=1S/C16H25NO2/c1-4-17-15-8-6-5-7-13(15)14-11-12(18-2)9-10-16(14)19-3/h9-11,13,15,17H,4-8H2,1-3H3. The third-order valence-electron chi connectivity index (χ3n) is 4.07. The lowest BCUT2D eigenvalue weighted by molar-refractivity contribution is 0.319. The van der Waals surface area contributed by atoms with E-state index in [-0.39, 0.29) is 0 Å². The Morgan fingerprint density at radius 2 is 1.95 bits per heavy atom. The Morgan fingerprint density at radius 3 is 2.63 bits per heavy atom. The average Bonchev–Trinajstić information content (AvgIpc) is 2.47. The van der Waals surface area contributed by atoms with Gasteiger partial charge >= 0.3 is 0 Å². The summed E-state index contributed by atoms with van der Waals surface area (Å²) in [5.41, 5.74) is 1.28. The zero-order valence-electron chi connectivity index (χ0n) is 12.2. The van der Waals surface area contributed by atoms with Crippen LogP contribution in [0.4, 0.5) is 0 Å². The summed E-state index contributed by atoms with van der Waals surface area (Å²) in [4.78, 5) is 0. The molecule has 1 aromatic rings. The number of nitrogens with one attached hydrogen (secondary N) is 1. The van der Waals surface area contributed by atoms with Gasteiger partial charge in [-0.2, -0.15) is 0 Å². The van der Waals surface area contributed by atoms with Crippen LogP contribution in [0.5, 0.6) is 11.5 Å². The molecule has 3 heteroatoms. The van der Waals surface area contributed by atoms with Crippen molar-refractivity contribution >= 4 is 0 Å². The molecule has 0 radical (unpaired) electrons. The average molecular weight is 263 g/mol. The highest BCUT2D eigenvalue weighted by molar-refractivity contribution is 5.43. The topological polar surface area (TPSA) is 30.5 Å². The maximum Gasteiger partial charge on any atom is 0.122 e. The minimum atomic E-state index is 0.527. The summed E-state index contributed by atoms with van der Waals surface area (Å²) in [6.45, 7) is 3.20. The van der Waals surface area contributed by atoms with Gasteiger partial charge in [0.25, 0.3) is 0 Å². The summed E-state index contributed by atoms with van der Waals surface area (Å²) in [5.74, 6) is 2.42. The van der Waals surface area contributed by atoms with E-state index in [9.17, 15) is 0 Å². The van der Waals surface area contributed by atoms with Crippen molar-refractivity contribution in [3.63, 3.8) is 0 Å². The van der Waals surface area contributed by atoms with Crippen LogP contribution in [-0.4, -0.2) is 26.8 Å². The van der Waals surface area contributed by atoms with Gasteiger partial charge in [-0.25, -0.2) is 0 Å². The molecule has 1 aliphatic rings. The third-order valence-corrected chi connectivity index (χ3v) is 4.07. The van der Waals surface area contributed by atoms with Gasteiger partial charge < -0.3 is 14.8 Å². The van der Waals surface area contributed by atoms with Crippen molar-refractivity contribution < 1.29 is 9.47 Å². The Labute approximate surface area is 116 Å². The summed E-state index contributed by atoms with van der Waals surface area (Å²) >= 11 is 0. The van der Waals surface area contributed by atoms with Crippen LogP contribution in [0.15, 0.2) is 18.2 Å². The fourth-order valence-electron chi connectivity index (χ4n) is 3.14. The molecular formula is C16H25NO2. The van der Waals surface area contributed by atoms with Crippen LogP contribution in [-0.2, 0) is 0 Å². The molecule has 3 nitrogen and oxygen atoms in total. The molecule has 2 unspecified atom stereocenters. The van der Waals surface area contributed by atoms with E-state index in [2.05, 4.69) is 18.3 Å². The minimum absolute atomic E-state index is 0.527. The second kappa shape index (κ2) is 6.80. The van der Waals surface area contributed by atoms with Gasteiger partial charge in [-0.05, 0) is 37.6 Å². The molecule has 106 valence electrons. The van der Waals surface area contributed by atoms with Crippen molar-refractivity contribution in [3.8, 4) is 11.5 Å². The van der Waals surface area contributed by atoms with Crippen molar-refractivity contribution in [1.82, 2.24) is 5.32 Å². The molecule has 0 saturated heterocycles. The molecule has 1 aromatic carbocycles. The molecule has 1 aliphatic carbocycles. The van der Waals surface area contributed by atoms with Gasteiger partial charge in [0.15, 0.2) is 0 Å². The lowest BCUT2D eigenvalue weighted by Gasteiger charge is -2.33. The van der Waals surface area contributed by atoms with Gasteiger partial charge in [-0.3, -0.25) is 0 Å². The molecule has 2 atom stereocenters. The molecule has 1 saturated carbocycles. The first-order chi connectivity index (χ1) is 9.30. The Balaban J connectivity index is 2.30. The lowest BCUT2D eigenvalue weighted by Crippen LogP contribution is -2.37. The van der Waals surface area contributed by atoms with E-state index in [0.717, 1.165) is 18.0 Å². The molecule has 0 aliphatic heterocycles. The maximum atomic E-state index is 5.54. The van der Waals surface area contributed by atoms with E-state index in [4.69, 9.17) is 9.47 Å². The van der Waals surface area contributed by atoms with Crippen LogP contribution in [0.25, 0.3) is 0 Å². The molecule has 19 heavy (non-hydrogen) atoms. The highest BCUT2D eigenvalue weighted by Crippen LogP contribution is 2.39. The highest BCUT2D eigenvalue weighted by atomic mass is 16.5. The maximum absolute atomic E-state index is 5.54. The Kier molecular flexibility index (Phi) is 5.08. The van der Waals surface area contributed by atoms with Gasteiger partial charge in [-0.15, -0.1) is 0 Å². The largest absolute Gasteiger partial charge is 0.497 e. The summed E-state index contributed by atoms with van der Waals surface area (Å²) in [6.07, 6.45) is 5.09. The smallest absolute Gasteiger partial charge is 0.122 e. The normalized spacial score (nSPS) is 23.1. The fourth-order valence-corrected chi connectivity index (χ4v) is 3.14. The molecule has 0 amide bonds. The van der Waals surface area contributed by atoms with Gasteiger partial charge in [0.1, 0.15) is 11.5 Å². The first-order valence-corrected chi connectivity index (χ1v) is 7.25. The van der Waals surface area contributed by atoms with Crippen LogP contribution < -0.4 is 14.8 Å². The lowest BCUT2D eigenvalue weighted by atomic mass is 9.79. The number of hydrogen-bond donors (Lipinski definition) is 1. The number of likely N-dealkylation sites (N-methyl/N-ethyl adjacent to an activating group) is 1. The van der Waals surface area contributed by atoms with Crippen molar-refractivity contribution in [1.29, 1.82) is 0 Å². The minimum Gasteiger partial charge on any atom is -0.497 e. The second-order valence-electron chi connectivity index (χ2n) is 5.16. The Hall–Kier alpha value is -1.22. The van der Waals surface area contributed by atoms with Gasteiger partial charge in [0.2, 0.25) is 0 Å². The van der Waals surface area contributed by atoms with Crippen molar-refractivity contribution in [3.05, 3.63) is 23.8 Å². The van der Waals surface area contributed by atoms with E-state index in [1.54, 1.807) is 14.2 Å². The SMILES string of the molecule is CCNC1CCCCC1c1cc(OC)ccc1OC. The Morgan fingerprint density at radius 1 is 1.16 bits per heavy atom. The van der Waals surface area contributed by atoms with Crippen molar-refractivity contribution in [2.24, 2.45) is 0 Å². The number of rotatable bonds is 5. The molecule has 1 fully saturated rings. The van der Waals surface area contributed by atoms with Gasteiger partial charge in [0.05, 0.1) is 14.2 Å². The summed E-state index contributed by atoms with van der Waals surface area (Å²) in [7, 11) is 3.46. The Bertz CT molecular complexity index is 404. The van der Waals surface area contributed by atoms with Crippen LogP contribution in [0, 0.1) is 0 Å². The van der Waals surface area contributed by atoms with E-state index in [0.29, 0.717) is 12.0 Å². The molecular weight excluding hydrogens is 238 g/mol. The van der Waals surface area contributed by atoms with Gasteiger partial charge in [0, 0.05) is 17.5 Å². The van der Waals surface area contributed by atoms with Crippen LogP contribution >= 0.6 is 0 Å². The van der Waals surface area contributed by atoms with Crippen LogP contribution in [0.1, 0.15) is 44.1 Å². The van der Waals surface area contributed by atoms with Crippen molar-refractivity contribution in [2.45, 2.75) is 44.6 Å². The number of ether oxygens (including phenoxy) is 2. The van der Waals surface area contributed by atoms with E-state index < -0.39 is 0 Å². The van der Waals surface area contributed by atoms with E-state index >= 15 is 0 Å². The molecule has 2 rings (SSSR count). The first-order valence-electron chi connectivity index (χ1n) is 7.25. The monoisotopic (exact) mass is 263 g/mol. The van der Waals surface area contributed by atoms with Crippen LogP contribution in [0.3, 0.4) is 0 Å². The molecule has 0 heterocycles. The third kappa shape index (κ3) is 3.21. The van der Waals surface area contributed by atoms with Crippen LogP contribution in [0.2, 0.25) is 0 Å². The zero-order chi connectivity index (χ0) is 13.7. The molecule has 0 spiro atoms. The molecule has 0 bridgehead atoms. The van der Waals surface area contributed by atoms with E-state index in [1.165, 1.54) is 31.2 Å².